The van der Waals surface area contributed by atoms with E-state index in [1.165, 1.54) is 3.97 Å². The van der Waals surface area contributed by atoms with Crippen LogP contribution in [0.25, 0.3) is 10.9 Å². The van der Waals surface area contributed by atoms with Gasteiger partial charge in [-0.1, -0.05) is 31.5 Å². The Labute approximate surface area is 185 Å². The number of rotatable bonds is 10. The molecule has 7 nitrogen and oxygen atoms in total. The van der Waals surface area contributed by atoms with Crippen LogP contribution in [0.1, 0.15) is 45.6 Å². The van der Waals surface area contributed by atoms with Crippen LogP contribution in [0.5, 0.6) is 0 Å². The molecule has 172 valence electrons. The summed E-state index contributed by atoms with van der Waals surface area (Å²) in [5, 5.41) is 0.879. The first-order valence-corrected chi connectivity index (χ1v) is 12.1. The number of hydrogen-bond donors (Lipinski definition) is 0. The van der Waals surface area contributed by atoms with E-state index in [4.69, 9.17) is 8.92 Å². The normalized spacial score (nSPS) is 16.5. The lowest BCUT2D eigenvalue weighted by molar-refractivity contribution is -0.160. The van der Waals surface area contributed by atoms with E-state index in [-0.39, 0.29) is 12.0 Å². The standard InChI is InChI=1S/C23H34N2O5S/c1-22(2,21(26)29-17-23(3)12-8-13-23)16-30-31(27,28)25-15-18(11-14-24(4)5)19-9-6-7-10-20(19)25/h6-7,9-10,15H,8,11-14,16-17H2,1-5H3. The summed E-state index contributed by atoms with van der Waals surface area (Å²) >= 11 is 0. The minimum atomic E-state index is -4.11. The van der Waals surface area contributed by atoms with E-state index < -0.39 is 21.7 Å². The predicted octanol–water partition coefficient (Wildman–Crippen LogP) is 3.61. The number of carbonyl (C=O) groups is 1. The van der Waals surface area contributed by atoms with Gasteiger partial charge in [0.2, 0.25) is 0 Å². The van der Waals surface area contributed by atoms with Crippen LogP contribution in [0.15, 0.2) is 30.5 Å². The van der Waals surface area contributed by atoms with Gasteiger partial charge in [-0.15, -0.1) is 0 Å². The Morgan fingerprint density at radius 3 is 2.52 bits per heavy atom. The van der Waals surface area contributed by atoms with E-state index in [1.807, 2.05) is 26.2 Å². The summed E-state index contributed by atoms with van der Waals surface area (Å²) in [4.78, 5) is 14.6. The Bertz CT molecular complexity index is 1040. The van der Waals surface area contributed by atoms with Crippen molar-refractivity contribution in [2.75, 3.05) is 33.9 Å². The number of aromatic nitrogens is 1. The summed E-state index contributed by atoms with van der Waals surface area (Å²) in [6, 6.07) is 7.36. The van der Waals surface area contributed by atoms with E-state index in [9.17, 15) is 13.2 Å². The molecule has 0 unspecified atom stereocenters. The van der Waals surface area contributed by atoms with Gasteiger partial charge in [0.15, 0.2) is 0 Å². The number of fused-ring (bicyclic) bond motifs is 1. The van der Waals surface area contributed by atoms with Gasteiger partial charge in [-0.3, -0.25) is 8.98 Å². The molecule has 0 atom stereocenters. The molecule has 2 aromatic rings. The minimum Gasteiger partial charge on any atom is -0.465 e. The zero-order valence-electron chi connectivity index (χ0n) is 19.2. The van der Waals surface area contributed by atoms with Gasteiger partial charge in [0, 0.05) is 23.5 Å². The molecule has 0 N–H and O–H groups in total. The summed E-state index contributed by atoms with van der Waals surface area (Å²) in [6.45, 7) is 6.26. The van der Waals surface area contributed by atoms with Gasteiger partial charge in [-0.25, -0.2) is 3.97 Å². The Morgan fingerprint density at radius 1 is 1.23 bits per heavy atom. The van der Waals surface area contributed by atoms with E-state index >= 15 is 0 Å². The van der Waals surface area contributed by atoms with Crippen LogP contribution < -0.4 is 0 Å². The Balaban J connectivity index is 1.72. The zero-order valence-corrected chi connectivity index (χ0v) is 20.0. The second kappa shape index (κ2) is 8.92. The van der Waals surface area contributed by atoms with Crippen molar-refractivity contribution >= 4 is 27.2 Å². The number of para-hydroxylation sites is 1. The molecule has 0 bridgehead atoms. The van der Waals surface area contributed by atoms with Gasteiger partial charge in [-0.05, 0) is 58.8 Å². The molecule has 0 radical (unpaired) electrons. The second-order valence-electron chi connectivity index (χ2n) is 9.86. The maximum Gasteiger partial charge on any atom is 0.366 e. The van der Waals surface area contributed by atoms with Crippen molar-refractivity contribution in [1.29, 1.82) is 0 Å². The predicted molar refractivity (Wildman–Crippen MR) is 121 cm³/mol. The molecule has 8 heteroatoms. The lowest BCUT2D eigenvalue weighted by Crippen LogP contribution is -2.38. The summed E-state index contributed by atoms with van der Waals surface area (Å²) in [6.07, 6.45) is 5.57. The molecule has 0 saturated heterocycles. The molecule has 1 fully saturated rings. The Kier molecular flexibility index (Phi) is 6.84. The highest BCUT2D eigenvalue weighted by Gasteiger charge is 2.37. The lowest BCUT2D eigenvalue weighted by Gasteiger charge is -2.38. The molecule has 1 aliphatic carbocycles. The van der Waals surface area contributed by atoms with E-state index in [0.29, 0.717) is 18.5 Å². The fourth-order valence-electron chi connectivity index (χ4n) is 3.64. The number of carbonyl (C=O) groups excluding carboxylic acids is 1. The molecule has 0 aliphatic heterocycles. The molecular formula is C23H34N2O5S. The van der Waals surface area contributed by atoms with E-state index in [2.05, 4.69) is 11.8 Å². The van der Waals surface area contributed by atoms with Gasteiger partial charge in [0.1, 0.15) is 0 Å². The molecule has 0 spiro atoms. The van der Waals surface area contributed by atoms with Crippen molar-refractivity contribution in [2.45, 2.75) is 46.5 Å². The van der Waals surface area contributed by atoms with Crippen molar-refractivity contribution in [3.8, 4) is 0 Å². The first-order valence-electron chi connectivity index (χ1n) is 10.7. The Morgan fingerprint density at radius 2 is 1.90 bits per heavy atom. The van der Waals surface area contributed by atoms with E-state index in [1.54, 1.807) is 32.2 Å². The number of likely N-dealkylation sites (N-methyl/N-ethyl adjacent to an activating group) is 1. The van der Waals surface area contributed by atoms with Crippen LogP contribution in [0.4, 0.5) is 0 Å². The number of hydrogen-bond acceptors (Lipinski definition) is 6. The monoisotopic (exact) mass is 450 g/mol. The van der Waals surface area contributed by atoms with Crippen LogP contribution in [0, 0.1) is 10.8 Å². The van der Waals surface area contributed by atoms with Crippen molar-refractivity contribution in [3.05, 3.63) is 36.0 Å². The molecule has 1 aromatic carbocycles. The SMILES string of the molecule is CN(C)CCc1cn(S(=O)(=O)OCC(C)(C)C(=O)OCC2(C)CCC2)c2ccccc12. The summed E-state index contributed by atoms with van der Waals surface area (Å²) in [5.74, 6) is -0.445. The smallest absolute Gasteiger partial charge is 0.366 e. The summed E-state index contributed by atoms with van der Waals surface area (Å²) in [5.41, 5.74) is 0.466. The topological polar surface area (TPSA) is 77.8 Å². The molecule has 3 rings (SSSR count). The molecule has 31 heavy (non-hydrogen) atoms. The Hall–Kier alpha value is -1.90. The van der Waals surface area contributed by atoms with Crippen LogP contribution in [0.3, 0.4) is 0 Å². The third-order valence-corrected chi connectivity index (χ3v) is 7.26. The van der Waals surface area contributed by atoms with E-state index in [0.717, 1.165) is 36.8 Å². The first kappa shape index (κ1) is 23.8. The first-order chi connectivity index (χ1) is 14.4. The van der Waals surface area contributed by atoms with Gasteiger partial charge < -0.3 is 9.64 Å². The van der Waals surface area contributed by atoms with Crippen molar-refractivity contribution in [3.63, 3.8) is 0 Å². The molecule has 1 aliphatic rings. The van der Waals surface area contributed by atoms with Crippen LogP contribution >= 0.6 is 0 Å². The maximum atomic E-state index is 13.0. The third-order valence-electron chi connectivity index (χ3n) is 6.06. The summed E-state index contributed by atoms with van der Waals surface area (Å²) < 4.78 is 38.0. The highest BCUT2D eigenvalue weighted by molar-refractivity contribution is 7.85. The highest BCUT2D eigenvalue weighted by atomic mass is 32.2. The summed E-state index contributed by atoms with van der Waals surface area (Å²) in [7, 11) is -0.157. The highest BCUT2D eigenvalue weighted by Crippen LogP contribution is 2.40. The van der Waals surface area contributed by atoms with Crippen molar-refractivity contribution < 1.29 is 22.1 Å². The lowest BCUT2D eigenvalue weighted by atomic mass is 9.71. The van der Waals surface area contributed by atoms with Crippen LogP contribution in [-0.2, 0) is 30.4 Å². The average molecular weight is 451 g/mol. The number of ether oxygens (including phenoxy) is 1. The van der Waals surface area contributed by atoms with Gasteiger partial charge in [-0.2, -0.15) is 8.42 Å². The molecule has 0 amide bonds. The largest absolute Gasteiger partial charge is 0.465 e. The van der Waals surface area contributed by atoms with Gasteiger partial charge in [0.25, 0.3) is 0 Å². The number of esters is 1. The molecule has 1 aromatic heterocycles. The number of benzene rings is 1. The maximum absolute atomic E-state index is 13.0. The van der Waals surface area contributed by atoms with Gasteiger partial charge in [0.05, 0.1) is 24.1 Å². The fourth-order valence-corrected chi connectivity index (χ4v) is 4.86. The molecular weight excluding hydrogens is 416 g/mol. The average Bonchev–Trinajstić information content (AvgIpc) is 3.07. The van der Waals surface area contributed by atoms with Crippen molar-refractivity contribution in [2.24, 2.45) is 10.8 Å². The molecule has 1 heterocycles. The van der Waals surface area contributed by atoms with Gasteiger partial charge >= 0.3 is 16.3 Å². The number of nitrogens with zero attached hydrogens (tertiary/aromatic N) is 2. The van der Waals surface area contributed by atoms with Crippen molar-refractivity contribution in [1.82, 2.24) is 8.87 Å². The van der Waals surface area contributed by atoms with Crippen LogP contribution in [-0.4, -0.2) is 57.1 Å². The minimum absolute atomic E-state index is 0.0473. The third kappa shape index (κ3) is 5.48. The van der Waals surface area contributed by atoms with Crippen LogP contribution in [0.2, 0.25) is 0 Å². The second-order valence-corrected chi connectivity index (χ2v) is 11.3. The quantitative estimate of drug-likeness (QED) is 0.515. The fraction of sp³-hybridized carbons (Fsp3) is 0.609. The molecule has 1 saturated carbocycles. The zero-order chi connectivity index (χ0) is 22.9.